The van der Waals surface area contributed by atoms with E-state index in [9.17, 15) is 26.4 Å². The molecule has 0 saturated carbocycles. The van der Waals surface area contributed by atoms with Crippen molar-refractivity contribution in [3.05, 3.63) is 62.3 Å². The molecule has 0 aliphatic carbocycles. The molecule has 5 rings (SSSR count). The number of amides is 1. The Bertz CT molecular complexity index is 1610. The van der Waals surface area contributed by atoms with Crippen LogP contribution < -0.4 is 9.92 Å². The van der Waals surface area contributed by atoms with Gasteiger partial charge in [-0.1, -0.05) is 36.7 Å². The van der Waals surface area contributed by atoms with Gasteiger partial charge in [0.15, 0.2) is 11.9 Å². The minimum Gasteiger partial charge on any atom is -0.387 e. The molecule has 17 heteroatoms. The quantitative estimate of drug-likeness (QED) is 0.260. The van der Waals surface area contributed by atoms with Crippen LogP contribution in [0.5, 0.6) is 5.75 Å². The van der Waals surface area contributed by atoms with Crippen LogP contribution >= 0.6 is 22.9 Å². The fourth-order valence-corrected chi connectivity index (χ4v) is 6.73. The van der Waals surface area contributed by atoms with Crippen LogP contribution in [0, 0.1) is 0 Å². The molecule has 1 saturated heterocycles. The summed E-state index contributed by atoms with van der Waals surface area (Å²) in [6, 6.07) is 5.68. The van der Waals surface area contributed by atoms with Crippen molar-refractivity contribution < 1.29 is 35.4 Å². The van der Waals surface area contributed by atoms with Gasteiger partial charge in [0.2, 0.25) is 5.91 Å². The number of carbonyl (C=O) groups excluding carboxylic acids is 1. The molecule has 11 nitrogen and oxygen atoms in total. The van der Waals surface area contributed by atoms with Crippen molar-refractivity contribution in [1.29, 1.82) is 0 Å². The first-order chi connectivity index (χ1) is 21.9. The summed E-state index contributed by atoms with van der Waals surface area (Å²) in [6.45, 7) is 5.77. The van der Waals surface area contributed by atoms with Crippen molar-refractivity contribution >= 4 is 44.7 Å². The number of thiazole rings is 1. The Morgan fingerprint density at radius 1 is 1.22 bits per heavy atom. The standard InChI is InChI=1S/C26H27ClF3N5O5S2.C2H6.CH5N/c1-14(28)20-10-18(25(29)30)32-35(20)12-23(36)34-8-6-15(7-9-34)26-31-19(13-41-26)17-11-22(39-33-17)24-16(27)4-3-5-21(24)40-42(2,37)38;2*1-2/h3-5,10,13-15,22,25H,6-9,11-12H2,1-2H3;1-2H3;2H2,1H3. The number of halogens is 4. The first kappa shape index (κ1) is 37.2. The molecule has 2 N–H and O–H groups in total. The van der Waals surface area contributed by atoms with E-state index in [4.69, 9.17) is 25.6 Å². The first-order valence-corrected chi connectivity index (χ1v) is 17.7. The van der Waals surface area contributed by atoms with Gasteiger partial charge in [0.1, 0.15) is 24.1 Å². The van der Waals surface area contributed by atoms with E-state index in [0.717, 1.165) is 22.0 Å². The molecule has 2 aliphatic rings. The van der Waals surface area contributed by atoms with Crippen LogP contribution in [0.3, 0.4) is 0 Å². The first-order valence-electron chi connectivity index (χ1n) is 14.6. The fraction of sp³-hybridized carbons (Fsp3) is 0.517. The average molecular weight is 707 g/mol. The molecular weight excluding hydrogens is 669 g/mol. The van der Waals surface area contributed by atoms with Gasteiger partial charge in [0.25, 0.3) is 6.43 Å². The smallest absolute Gasteiger partial charge is 0.306 e. The molecule has 254 valence electrons. The lowest BCUT2D eigenvalue weighted by atomic mass is 9.97. The summed E-state index contributed by atoms with van der Waals surface area (Å²) in [5.41, 5.74) is 5.48. The van der Waals surface area contributed by atoms with Crippen LogP contribution in [-0.2, 0) is 26.3 Å². The topological polar surface area (TPSA) is 142 Å². The SMILES string of the molecule is CC.CC(F)c1cc(C(F)F)nn1CC(=O)N1CCC(c2nc(C3=NOC(c4c(Cl)cccc4OS(C)(=O)=O)C3)cs2)CC1.CN. The highest BCUT2D eigenvalue weighted by atomic mass is 35.5. The second kappa shape index (κ2) is 16.6. The van der Waals surface area contributed by atoms with Crippen molar-refractivity contribution in [1.82, 2.24) is 19.7 Å². The van der Waals surface area contributed by atoms with E-state index >= 15 is 0 Å². The third-order valence-electron chi connectivity index (χ3n) is 7.01. The normalized spacial score (nSPS) is 17.3. The van der Waals surface area contributed by atoms with Gasteiger partial charge in [-0.15, -0.1) is 11.3 Å². The summed E-state index contributed by atoms with van der Waals surface area (Å²) in [5.74, 6) is -0.146. The van der Waals surface area contributed by atoms with Gasteiger partial charge in [-0.2, -0.15) is 13.5 Å². The third kappa shape index (κ3) is 9.20. The summed E-state index contributed by atoms with van der Waals surface area (Å²) in [5, 5.41) is 10.9. The minimum atomic E-state index is -3.79. The molecule has 0 spiro atoms. The van der Waals surface area contributed by atoms with Gasteiger partial charge >= 0.3 is 10.1 Å². The molecule has 2 aromatic heterocycles. The maximum absolute atomic E-state index is 13.9. The molecule has 1 aromatic carbocycles. The van der Waals surface area contributed by atoms with Crippen molar-refractivity contribution in [3.8, 4) is 5.75 Å². The summed E-state index contributed by atoms with van der Waals surface area (Å²) >= 11 is 7.82. The largest absolute Gasteiger partial charge is 0.387 e. The summed E-state index contributed by atoms with van der Waals surface area (Å²) < 4.78 is 69.6. The number of nitrogens with zero attached hydrogens (tertiary/aromatic N) is 5. The molecule has 1 fully saturated rings. The minimum absolute atomic E-state index is 0.0569. The highest BCUT2D eigenvalue weighted by molar-refractivity contribution is 7.86. The van der Waals surface area contributed by atoms with E-state index in [2.05, 4.69) is 16.0 Å². The average Bonchev–Trinajstić information content (AvgIpc) is 3.79. The molecule has 2 unspecified atom stereocenters. The number of aromatic nitrogens is 3. The number of likely N-dealkylation sites (tertiary alicyclic amines) is 1. The van der Waals surface area contributed by atoms with Crippen LogP contribution in [0.1, 0.15) is 92.3 Å². The van der Waals surface area contributed by atoms with Crippen molar-refractivity contribution in [2.75, 3.05) is 26.4 Å². The van der Waals surface area contributed by atoms with Crippen LogP contribution in [0.15, 0.2) is 34.8 Å². The number of alkyl halides is 3. The number of nitrogens with two attached hydrogens (primary N) is 1. The Morgan fingerprint density at radius 2 is 1.89 bits per heavy atom. The summed E-state index contributed by atoms with van der Waals surface area (Å²) in [7, 11) is -2.29. The zero-order chi connectivity index (χ0) is 34.2. The molecule has 3 aromatic rings. The number of carbonyl (C=O) groups is 1. The van der Waals surface area contributed by atoms with Crippen molar-refractivity contribution in [2.45, 2.75) is 71.2 Å². The second-order valence-corrected chi connectivity index (χ2v) is 12.9. The van der Waals surface area contributed by atoms with Crippen molar-refractivity contribution in [3.63, 3.8) is 0 Å². The van der Waals surface area contributed by atoms with Gasteiger partial charge in [-0.05, 0) is 45.0 Å². The van der Waals surface area contributed by atoms with Gasteiger partial charge in [-0.3, -0.25) is 9.48 Å². The number of rotatable bonds is 9. The Balaban J connectivity index is 0.00000139. The van der Waals surface area contributed by atoms with E-state index in [-0.39, 0.29) is 34.8 Å². The second-order valence-electron chi connectivity index (χ2n) is 10.1. The zero-order valence-electron chi connectivity index (χ0n) is 26.1. The maximum atomic E-state index is 13.9. The van der Waals surface area contributed by atoms with Crippen LogP contribution in [0.4, 0.5) is 13.2 Å². The number of hydrogen-bond donors (Lipinski definition) is 1. The molecule has 2 aliphatic heterocycles. The maximum Gasteiger partial charge on any atom is 0.306 e. The summed E-state index contributed by atoms with van der Waals surface area (Å²) in [4.78, 5) is 24.9. The number of piperidine rings is 1. The van der Waals surface area contributed by atoms with Gasteiger partial charge < -0.3 is 19.7 Å². The lowest BCUT2D eigenvalue weighted by Gasteiger charge is -2.31. The van der Waals surface area contributed by atoms with Crippen LogP contribution in [0.25, 0.3) is 0 Å². The molecule has 1 amide bonds. The van der Waals surface area contributed by atoms with E-state index < -0.39 is 34.5 Å². The Morgan fingerprint density at radius 3 is 2.50 bits per heavy atom. The monoisotopic (exact) mass is 706 g/mol. The molecular formula is C29H38ClF3N6O5S2. The molecule has 0 bridgehead atoms. The van der Waals surface area contributed by atoms with Crippen molar-refractivity contribution in [2.24, 2.45) is 10.9 Å². The fourth-order valence-electron chi connectivity index (χ4n) is 4.97. The Hall–Kier alpha value is -3.21. The number of oxime groups is 1. The van der Waals surface area contributed by atoms with E-state index in [0.29, 0.717) is 49.3 Å². The lowest BCUT2D eigenvalue weighted by molar-refractivity contribution is -0.133. The summed E-state index contributed by atoms with van der Waals surface area (Å²) in [6.07, 6.45) is -2.51. The van der Waals surface area contributed by atoms with E-state index in [1.807, 2.05) is 19.2 Å². The highest BCUT2D eigenvalue weighted by Gasteiger charge is 2.32. The number of benzene rings is 1. The third-order valence-corrected chi connectivity index (χ3v) is 8.82. The van der Waals surface area contributed by atoms with Crippen LogP contribution in [0.2, 0.25) is 5.02 Å². The molecule has 0 radical (unpaired) electrons. The predicted octanol–water partition coefficient (Wildman–Crippen LogP) is 6.17. The van der Waals surface area contributed by atoms with Gasteiger partial charge in [0, 0.05) is 30.8 Å². The molecule has 46 heavy (non-hydrogen) atoms. The Kier molecular flexibility index (Phi) is 13.4. The Labute approximate surface area is 275 Å². The van der Waals surface area contributed by atoms with Crippen LogP contribution in [-0.4, -0.2) is 66.1 Å². The number of hydrogen-bond acceptors (Lipinski definition) is 10. The van der Waals surface area contributed by atoms with Gasteiger partial charge in [-0.25, -0.2) is 18.2 Å². The van der Waals surface area contributed by atoms with E-state index in [1.54, 1.807) is 17.0 Å². The molecule has 2 atom stereocenters. The lowest BCUT2D eigenvalue weighted by Crippen LogP contribution is -2.40. The van der Waals surface area contributed by atoms with Gasteiger partial charge in [0.05, 0.1) is 33.2 Å². The zero-order valence-corrected chi connectivity index (χ0v) is 28.5. The van der Waals surface area contributed by atoms with E-state index in [1.165, 1.54) is 31.4 Å². The predicted molar refractivity (Wildman–Crippen MR) is 171 cm³/mol. The highest BCUT2D eigenvalue weighted by Crippen LogP contribution is 2.40. The molecule has 4 heterocycles.